The summed E-state index contributed by atoms with van der Waals surface area (Å²) in [6.07, 6.45) is 0. The van der Waals surface area contributed by atoms with E-state index in [4.69, 9.17) is 4.74 Å². The Kier molecular flexibility index (Phi) is 5.89. The third-order valence-electron chi connectivity index (χ3n) is 3.21. The molecule has 2 aromatic carbocycles. The molecule has 0 fully saturated rings. The summed E-state index contributed by atoms with van der Waals surface area (Å²) in [5.41, 5.74) is 1.14. The number of anilines is 2. The van der Waals surface area contributed by atoms with Crippen LogP contribution in [0.4, 0.5) is 15.8 Å². The second kappa shape index (κ2) is 8.10. The number of ether oxygens (including phenoxy) is 1. The van der Waals surface area contributed by atoms with Gasteiger partial charge in [0.25, 0.3) is 0 Å². The molecule has 5 nitrogen and oxygen atoms in total. The third-order valence-corrected chi connectivity index (χ3v) is 3.21. The summed E-state index contributed by atoms with van der Waals surface area (Å²) in [6, 6.07) is 11.5. The van der Waals surface area contributed by atoms with Crippen molar-refractivity contribution in [2.75, 3.05) is 23.8 Å². The summed E-state index contributed by atoms with van der Waals surface area (Å²) in [4.78, 5) is 22.6. The molecule has 0 atom stereocenters. The van der Waals surface area contributed by atoms with E-state index >= 15 is 0 Å². The number of ketones is 1. The van der Waals surface area contributed by atoms with E-state index in [-0.39, 0.29) is 17.3 Å². The number of hydrogen-bond donors (Lipinski definition) is 2. The van der Waals surface area contributed by atoms with Crippen molar-refractivity contribution in [2.24, 2.45) is 0 Å². The van der Waals surface area contributed by atoms with Gasteiger partial charge in [0, 0.05) is 30.9 Å². The summed E-state index contributed by atoms with van der Waals surface area (Å²) in [5.74, 6) is -0.429. The monoisotopic (exact) mass is 330 g/mol. The zero-order valence-electron chi connectivity index (χ0n) is 13.6. The van der Waals surface area contributed by atoms with Crippen LogP contribution in [-0.4, -0.2) is 24.8 Å². The number of carbonyl (C=O) groups excluding carboxylic acids is 2. The summed E-state index contributed by atoms with van der Waals surface area (Å²) < 4.78 is 19.3. The predicted octanol–water partition coefficient (Wildman–Crippen LogP) is 3.48. The SMILES string of the molecule is CC(=O)Nc1cccc(OCCNc2cccc(F)c2C(C)=O)c1. The molecule has 0 heterocycles. The number of benzene rings is 2. The Morgan fingerprint density at radius 2 is 1.88 bits per heavy atom. The van der Waals surface area contributed by atoms with Crippen LogP contribution in [-0.2, 0) is 4.79 Å². The molecule has 1 amide bonds. The second-order valence-corrected chi connectivity index (χ2v) is 5.20. The van der Waals surface area contributed by atoms with Crippen LogP contribution < -0.4 is 15.4 Å². The highest BCUT2D eigenvalue weighted by Crippen LogP contribution is 2.20. The van der Waals surface area contributed by atoms with Crippen LogP contribution in [0.15, 0.2) is 42.5 Å². The molecule has 126 valence electrons. The van der Waals surface area contributed by atoms with Crippen molar-refractivity contribution in [3.05, 3.63) is 53.8 Å². The first-order valence-corrected chi connectivity index (χ1v) is 7.51. The Bertz CT molecular complexity index is 747. The Labute approximate surface area is 139 Å². The van der Waals surface area contributed by atoms with Gasteiger partial charge in [-0.3, -0.25) is 9.59 Å². The van der Waals surface area contributed by atoms with Crippen LogP contribution in [0.3, 0.4) is 0 Å². The number of Topliss-reactive ketones (excluding diaryl/α,β-unsaturated/α-hetero) is 1. The molecule has 2 aromatic rings. The average molecular weight is 330 g/mol. The molecule has 6 heteroatoms. The van der Waals surface area contributed by atoms with E-state index in [2.05, 4.69) is 10.6 Å². The van der Waals surface area contributed by atoms with E-state index in [1.54, 1.807) is 36.4 Å². The zero-order chi connectivity index (χ0) is 17.5. The molecule has 0 aliphatic carbocycles. The lowest BCUT2D eigenvalue weighted by Gasteiger charge is -2.12. The molecule has 0 saturated carbocycles. The standard InChI is InChI=1S/C18H19FN2O3/c1-12(22)18-16(19)7-4-8-17(18)20-9-10-24-15-6-3-5-14(11-15)21-13(2)23/h3-8,11,20H,9-10H2,1-2H3,(H,21,23). The van der Waals surface area contributed by atoms with E-state index in [1.807, 2.05) is 0 Å². The maximum absolute atomic E-state index is 13.7. The molecule has 0 bridgehead atoms. The first-order chi connectivity index (χ1) is 11.5. The van der Waals surface area contributed by atoms with E-state index < -0.39 is 5.82 Å². The fraction of sp³-hybridized carbons (Fsp3) is 0.222. The molecule has 0 saturated heterocycles. The quantitative estimate of drug-likeness (QED) is 0.602. The van der Waals surface area contributed by atoms with Crippen molar-refractivity contribution in [3.8, 4) is 5.75 Å². The van der Waals surface area contributed by atoms with Gasteiger partial charge in [-0.1, -0.05) is 12.1 Å². The van der Waals surface area contributed by atoms with E-state index in [9.17, 15) is 14.0 Å². The molecule has 24 heavy (non-hydrogen) atoms. The fourth-order valence-corrected chi connectivity index (χ4v) is 2.25. The van der Waals surface area contributed by atoms with Crippen molar-refractivity contribution in [3.63, 3.8) is 0 Å². The minimum atomic E-state index is -0.545. The zero-order valence-corrected chi connectivity index (χ0v) is 13.6. The molecule has 2 N–H and O–H groups in total. The molecule has 0 aliphatic rings. The smallest absolute Gasteiger partial charge is 0.221 e. The summed E-state index contributed by atoms with van der Waals surface area (Å²) >= 11 is 0. The third kappa shape index (κ3) is 4.81. The molecule has 2 rings (SSSR count). The highest BCUT2D eigenvalue weighted by atomic mass is 19.1. The maximum atomic E-state index is 13.7. The number of rotatable bonds is 7. The Balaban J connectivity index is 1.91. The van der Waals surface area contributed by atoms with Gasteiger partial charge in [0.15, 0.2) is 5.78 Å². The second-order valence-electron chi connectivity index (χ2n) is 5.20. The Morgan fingerprint density at radius 1 is 1.12 bits per heavy atom. The summed E-state index contributed by atoms with van der Waals surface area (Å²) in [6.45, 7) is 3.47. The van der Waals surface area contributed by atoms with Crippen LogP contribution in [0, 0.1) is 5.82 Å². The molecule has 0 aromatic heterocycles. The number of amides is 1. The minimum absolute atomic E-state index is 0.0464. The predicted molar refractivity (Wildman–Crippen MR) is 91.1 cm³/mol. The van der Waals surface area contributed by atoms with Gasteiger partial charge >= 0.3 is 0 Å². The summed E-state index contributed by atoms with van der Waals surface area (Å²) in [7, 11) is 0. The fourth-order valence-electron chi connectivity index (χ4n) is 2.25. The molecule has 0 aliphatic heterocycles. The number of nitrogens with one attached hydrogen (secondary N) is 2. The molecule has 0 unspecified atom stereocenters. The Hall–Kier alpha value is -2.89. The number of carbonyl (C=O) groups is 2. The van der Waals surface area contributed by atoms with Crippen molar-refractivity contribution in [2.45, 2.75) is 13.8 Å². The summed E-state index contributed by atoms with van der Waals surface area (Å²) in [5, 5.41) is 5.67. The molecule has 0 spiro atoms. The van der Waals surface area contributed by atoms with Crippen LogP contribution in [0.5, 0.6) is 5.75 Å². The van der Waals surface area contributed by atoms with Gasteiger partial charge in [-0.05, 0) is 31.2 Å². The van der Waals surface area contributed by atoms with Crippen LogP contribution >= 0.6 is 0 Å². The van der Waals surface area contributed by atoms with Crippen LogP contribution in [0.1, 0.15) is 24.2 Å². The van der Waals surface area contributed by atoms with Crippen molar-refractivity contribution < 1.29 is 18.7 Å². The van der Waals surface area contributed by atoms with Gasteiger partial charge < -0.3 is 15.4 Å². The highest BCUT2D eigenvalue weighted by Gasteiger charge is 2.12. The van der Waals surface area contributed by atoms with Gasteiger partial charge in [-0.15, -0.1) is 0 Å². The number of halogens is 1. The maximum Gasteiger partial charge on any atom is 0.221 e. The van der Waals surface area contributed by atoms with E-state index in [0.717, 1.165) is 0 Å². The minimum Gasteiger partial charge on any atom is -0.492 e. The molecule has 0 radical (unpaired) electrons. The van der Waals surface area contributed by atoms with E-state index in [0.29, 0.717) is 30.3 Å². The van der Waals surface area contributed by atoms with Gasteiger partial charge in [0.1, 0.15) is 18.2 Å². The van der Waals surface area contributed by atoms with Gasteiger partial charge in [-0.25, -0.2) is 4.39 Å². The lowest BCUT2D eigenvalue weighted by Crippen LogP contribution is -2.14. The topological polar surface area (TPSA) is 67.4 Å². The Morgan fingerprint density at radius 3 is 2.58 bits per heavy atom. The highest BCUT2D eigenvalue weighted by molar-refractivity contribution is 5.99. The normalized spacial score (nSPS) is 10.1. The van der Waals surface area contributed by atoms with Crippen molar-refractivity contribution in [1.29, 1.82) is 0 Å². The van der Waals surface area contributed by atoms with E-state index in [1.165, 1.54) is 19.9 Å². The van der Waals surface area contributed by atoms with Gasteiger partial charge in [0.05, 0.1) is 5.56 Å². The average Bonchev–Trinajstić information content (AvgIpc) is 2.51. The molecular weight excluding hydrogens is 311 g/mol. The number of hydrogen-bond acceptors (Lipinski definition) is 4. The van der Waals surface area contributed by atoms with Gasteiger partial charge in [0.2, 0.25) is 5.91 Å². The van der Waals surface area contributed by atoms with Crippen LogP contribution in [0.25, 0.3) is 0 Å². The van der Waals surface area contributed by atoms with Crippen LogP contribution in [0.2, 0.25) is 0 Å². The lowest BCUT2D eigenvalue weighted by atomic mass is 10.1. The van der Waals surface area contributed by atoms with Gasteiger partial charge in [-0.2, -0.15) is 0 Å². The first kappa shape index (κ1) is 17.5. The lowest BCUT2D eigenvalue weighted by molar-refractivity contribution is -0.114. The first-order valence-electron chi connectivity index (χ1n) is 7.51. The molecular formula is C18H19FN2O3. The van der Waals surface area contributed by atoms with Crippen molar-refractivity contribution in [1.82, 2.24) is 0 Å². The van der Waals surface area contributed by atoms with Crippen molar-refractivity contribution >= 4 is 23.1 Å². The largest absolute Gasteiger partial charge is 0.492 e.